The summed E-state index contributed by atoms with van der Waals surface area (Å²) in [4.78, 5) is 0. The Morgan fingerprint density at radius 3 is 2.00 bits per heavy atom. The van der Waals surface area contributed by atoms with Crippen molar-refractivity contribution in [3.05, 3.63) is 0 Å². The summed E-state index contributed by atoms with van der Waals surface area (Å²) in [6, 6.07) is 0. The molecule has 1 N–H and O–H groups in total. The highest BCUT2D eigenvalue weighted by Gasteiger charge is 2.38. The maximum absolute atomic E-state index is 11.1. The van der Waals surface area contributed by atoms with E-state index in [9.17, 15) is 13.5 Å². The Hall–Kier alpha value is -0.0900. The Labute approximate surface area is 79.1 Å². The molecule has 1 saturated carbocycles. The van der Waals surface area contributed by atoms with Gasteiger partial charge >= 0.3 is 0 Å². The summed E-state index contributed by atoms with van der Waals surface area (Å²) in [7, 11) is -2.73. The zero-order valence-electron chi connectivity index (χ0n) is 7.65. The first-order valence-electron chi connectivity index (χ1n) is 4.97. The first-order valence-corrected chi connectivity index (χ1v) is 6.79. The molecule has 1 aliphatic carbocycles. The van der Waals surface area contributed by atoms with Crippen LogP contribution in [0, 0.1) is 11.8 Å². The predicted molar refractivity (Wildman–Crippen MR) is 50.1 cm³/mol. The van der Waals surface area contributed by atoms with E-state index in [1.165, 1.54) is 0 Å². The highest BCUT2D eigenvalue weighted by molar-refractivity contribution is 7.91. The van der Waals surface area contributed by atoms with E-state index < -0.39 is 9.84 Å². The van der Waals surface area contributed by atoms with Gasteiger partial charge < -0.3 is 5.11 Å². The molecule has 3 nitrogen and oxygen atoms in total. The molecule has 0 aromatic heterocycles. The fourth-order valence-corrected chi connectivity index (χ4v) is 3.92. The molecule has 0 aromatic carbocycles. The van der Waals surface area contributed by atoms with Crippen molar-refractivity contribution in [1.82, 2.24) is 0 Å². The molecule has 2 rings (SSSR count). The Kier molecular flexibility index (Phi) is 2.36. The Morgan fingerprint density at radius 1 is 1.00 bits per heavy atom. The number of hydrogen-bond donors (Lipinski definition) is 1. The molecule has 76 valence electrons. The van der Waals surface area contributed by atoms with Gasteiger partial charge in [-0.3, -0.25) is 0 Å². The van der Waals surface area contributed by atoms with Crippen molar-refractivity contribution in [3.8, 4) is 0 Å². The zero-order chi connectivity index (χ0) is 9.47. The van der Waals surface area contributed by atoms with Crippen LogP contribution in [0.4, 0.5) is 0 Å². The van der Waals surface area contributed by atoms with Crippen molar-refractivity contribution >= 4 is 9.84 Å². The molecule has 1 heterocycles. The van der Waals surface area contributed by atoms with Gasteiger partial charge in [-0.1, -0.05) is 0 Å². The van der Waals surface area contributed by atoms with Crippen LogP contribution in [-0.4, -0.2) is 31.1 Å². The minimum Gasteiger partial charge on any atom is -0.393 e. The minimum absolute atomic E-state index is 0.147. The number of hydrogen-bond acceptors (Lipinski definition) is 3. The maximum atomic E-state index is 11.1. The third-order valence-electron chi connectivity index (χ3n) is 3.49. The van der Waals surface area contributed by atoms with Crippen molar-refractivity contribution < 1.29 is 13.5 Å². The highest BCUT2D eigenvalue weighted by Crippen LogP contribution is 2.39. The number of aliphatic hydroxyl groups is 1. The third-order valence-corrected chi connectivity index (χ3v) is 5.21. The van der Waals surface area contributed by atoms with Gasteiger partial charge in [-0.05, 0) is 37.5 Å². The van der Waals surface area contributed by atoms with Crippen LogP contribution in [0.1, 0.15) is 25.7 Å². The van der Waals surface area contributed by atoms with Crippen LogP contribution in [0.5, 0.6) is 0 Å². The van der Waals surface area contributed by atoms with Gasteiger partial charge in [0.15, 0.2) is 0 Å². The van der Waals surface area contributed by atoms with Crippen LogP contribution in [-0.2, 0) is 9.84 Å². The first-order chi connectivity index (χ1) is 6.08. The summed E-state index contributed by atoms with van der Waals surface area (Å²) in [5, 5.41) is 9.44. The van der Waals surface area contributed by atoms with Crippen LogP contribution >= 0.6 is 0 Å². The monoisotopic (exact) mass is 204 g/mol. The SMILES string of the molecule is O=S1(=O)CCC(C2CCC2O)CC1. The van der Waals surface area contributed by atoms with E-state index in [-0.39, 0.29) is 6.10 Å². The fraction of sp³-hybridized carbons (Fsp3) is 1.00. The molecule has 2 unspecified atom stereocenters. The second-order valence-corrected chi connectivity index (χ2v) is 6.60. The molecule has 1 saturated heterocycles. The first kappa shape index (κ1) is 9.46. The average molecular weight is 204 g/mol. The van der Waals surface area contributed by atoms with E-state index in [4.69, 9.17) is 0 Å². The average Bonchev–Trinajstić information content (AvgIpc) is 2.06. The molecule has 1 aliphatic heterocycles. The minimum atomic E-state index is -2.73. The molecule has 0 aromatic rings. The lowest BCUT2D eigenvalue weighted by atomic mass is 9.71. The normalized spacial score (nSPS) is 39.8. The lowest BCUT2D eigenvalue weighted by molar-refractivity contribution is -0.0125. The van der Waals surface area contributed by atoms with E-state index in [0.29, 0.717) is 23.3 Å². The van der Waals surface area contributed by atoms with E-state index >= 15 is 0 Å². The quantitative estimate of drug-likeness (QED) is 0.680. The summed E-state index contributed by atoms with van der Waals surface area (Å²) in [5.41, 5.74) is 0. The molecule has 13 heavy (non-hydrogen) atoms. The Balaban J connectivity index is 1.91. The van der Waals surface area contributed by atoms with E-state index in [1.54, 1.807) is 0 Å². The van der Waals surface area contributed by atoms with Crippen molar-refractivity contribution in [3.63, 3.8) is 0 Å². The van der Waals surface area contributed by atoms with Gasteiger partial charge in [0.25, 0.3) is 0 Å². The van der Waals surface area contributed by atoms with Gasteiger partial charge in [0.2, 0.25) is 0 Å². The van der Waals surface area contributed by atoms with Crippen LogP contribution in [0.3, 0.4) is 0 Å². The van der Waals surface area contributed by atoms with Gasteiger partial charge in [-0.25, -0.2) is 8.42 Å². The summed E-state index contributed by atoms with van der Waals surface area (Å²) in [5.74, 6) is 1.53. The molecular formula is C9H16O3S. The van der Waals surface area contributed by atoms with Gasteiger partial charge in [-0.2, -0.15) is 0 Å². The molecule has 0 amide bonds. The number of sulfone groups is 1. The molecule has 2 fully saturated rings. The molecular weight excluding hydrogens is 188 g/mol. The standard InChI is InChI=1S/C9H16O3S/c10-9-2-1-8(9)7-3-5-13(11,12)6-4-7/h7-10H,1-6H2. The lowest BCUT2D eigenvalue weighted by Crippen LogP contribution is -2.40. The summed E-state index contributed by atoms with van der Waals surface area (Å²) >= 11 is 0. The predicted octanol–water partition coefficient (Wildman–Crippen LogP) is 0.582. The third kappa shape index (κ3) is 1.89. The van der Waals surface area contributed by atoms with E-state index in [2.05, 4.69) is 0 Å². The lowest BCUT2D eigenvalue weighted by Gasteiger charge is -2.40. The number of aliphatic hydroxyl groups excluding tert-OH is 1. The molecule has 2 aliphatic rings. The van der Waals surface area contributed by atoms with Gasteiger partial charge in [-0.15, -0.1) is 0 Å². The van der Waals surface area contributed by atoms with Crippen LogP contribution in [0.2, 0.25) is 0 Å². The molecule has 0 radical (unpaired) electrons. The second-order valence-electron chi connectivity index (χ2n) is 4.30. The second kappa shape index (κ2) is 3.24. The highest BCUT2D eigenvalue weighted by atomic mass is 32.2. The van der Waals surface area contributed by atoms with Crippen molar-refractivity contribution in [1.29, 1.82) is 0 Å². The smallest absolute Gasteiger partial charge is 0.150 e. The molecule has 2 atom stereocenters. The van der Waals surface area contributed by atoms with Crippen LogP contribution in [0.15, 0.2) is 0 Å². The molecule has 0 spiro atoms. The van der Waals surface area contributed by atoms with Crippen molar-refractivity contribution in [2.75, 3.05) is 11.5 Å². The zero-order valence-corrected chi connectivity index (χ0v) is 8.46. The molecule has 0 bridgehead atoms. The maximum Gasteiger partial charge on any atom is 0.150 e. The van der Waals surface area contributed by atoms with Gasteiger partial charge in [0.1, 0.15) is 9.84 Å². The van der Waals surface area contributed by atoms with Gasteiger partial charge in [0.05, 0.1) is 17.6 Å². The Morgan fingerprint density at radius 2 is 1.62 bits per heavy atom. The van der Waals surface area contributed by atoms with Crippen molar-refractivity contribution in [2.45, 2.75) is 31.8 Å². The largest absolute Gasteiger partial charge is 0.393 e. The summed E-state index contributed by atoms with van der Waals surface area (Å²) < 4.78 is 22.3. The summed E-state index contributed by atoms with van der Waals surface area (Å²) in [6.07, 6.45) is 3.39. The van der Waals surface area contributed by atoms with E-state index in [1.807, 2.05) is 0 Å². The van der Waals surface area contributed by atoms with Crippen LogP contribution in [0.25, 0.3) is 0 Å². The fourth-order valence-electron chi connectivity index (χ4n) is 2.39. The Bertz CT molecular complexity index is 269. The van der Waals surface area contributed by atoms with Gasteiger partial charge in [0, 0.05) is 0 Å². The number of rotatable bonds is 1. The molecule has 4 heteroatoms. The topological polar surface area (TPSA) is 54.4 Å². The summed E-state index contributed by atoms with van der Waals surface area (Å²) in [6.45, 7) is 0. The van der Waals surface area contributed by atoms with Crippen molar-refractivity contribution in [2.24, 2.45) is 11.8 Å². The van der Waals surface area contributed by atoms with E-state index in [0.717, 1.165) is 25.7 Å². The van der Waals surface area contributed by atoms with Crippen LogP contribution < -0.4 is 0 Å².